The van der Waals surface area contributed by atoms with Crippen molar-refractivity contribution in [2.45, 2.75) is 57.7 Å². The molecule has 0 radical (unpaired) electrons. The van der Waals surface area contributed by atoms with Crippen LogP contribution in [0.2, 0.25) is 0 Å². The van der Waals surface area contributed by atoms with E-state index in [-0.39, 0.29) is 23.0 Å². The van der Waals surface area contributed by atoms with Crippen LogP contribution in [0.25, 0.3) is 11.5 Å². The summed E-state index contributed by atoms with van der Waals surface area (Å²) in [5.41, 5.74) is 2.11. The van der Waals surface area contributed by atoms with E-state index in [1.165, 1.54) is 12.7 Å². The second kappa shape index (κ2) is 9.91. The fraction of sp³-hybridized carbons (Fsp3) is 0.524. The fourth-order valence-corrected chi connectivity index (χ4v) is 3.21. The summed E-state index contributed by atoms with van der Waals surface area (Å²) >= 11 is 1.13. The zero-order valence-corrected chi connectivity index (χ0v) is 18.6. The maximum absolute atomic E-state index is 12.2. The molecular weight excluding hydrogens is 390 g/mol. The maximum Gasteiger partial charge on any atom is 0.328 e. The Labute approximate surface area is 176 Å². The predicted molar refractivity (Wildman–Crippen MR) is 113 cm³/mol. The fourth-order valence-electron chi connectivity index (χ4n) is 2.64. The summed E-state index contributed by atoms with van der Waals surface area (Å²) in [6.45, 7) is 10.3. The number of aromatic nitrogens is 2. The minimum Gasteiger partial charge on any atom is -0.467 e. The van der Waals surface area contributed by atoms with Gasteiger partial charge in [-0.1, -0.05) is 64.9 Å². The van der Waals surface area contributed by atoms with E-state index >= 15 is 0 Å². The molecule has 1 aromatic heterocycles. The van der Waals surface area contributed by atoms with Gasteiger partial charge in [0.15, 0.2) is 0 Å². The van der Waals surface area contributed by atoms with E-state index < -0.39 is 12.0 Å². The quantitative estimate of drug-likeness (QED) is 0.513. The lowest BCUT2D eigenvalue weighted by molar-refractivity contribution is -0.146. The van der Waals surface area contributed by atoms with Crippen molar-refractivity contribution < 1.29 is 18.7 Å². The van der Waals surface area contributed by atoms with E-state index in [0.29, 0.717) is 11.1 Å². The van der Waals surface area contributed by atoms with Crippen LogP contribution in [0.4, 0.5) is 0 Å². The number of amides is 1. The number of methoxy groups -OCH3 is 1. The zero-order valence-electron chi connectivity index (χ0n) is 17.8. The predicted octanol–water partition coefficient (Wildman–Crippen LogP) is 3.83. The lowest BCUT2D eigenvalue weighted by Crippen LogP contribution is -2.46. The van der Waals surface area contributed by atoms with Gasteiger partial charge in [-0.3, -0.25) is 4.79 Å². The Morgan fingerprint density at radius 3 is 2.41 bits per heavy atom. The van der Waals surface area contributed by atoms with Crippen molar-refractivity contribution in [1.82, 2.24) is 15.5 Å². The Bertz CT molecular complexity index is 827. The highest BCUT2D eigenvalue weighted by Crippen LogP contribution is 2.27. The molecule has 0 bridgehead atoms. The zero-order chi connectivity index (χ0) is 21.6. The molecule has 1 N–H and O–H groups in total. The Kier molecular flexibility index (Phi) is 7.84. The average molecular weight is 420 g/mol. The minimum atomic E-state index is -0.669. The molecule has 2 aromatic rings. The van der Waals surface area contributed by atoms with Gasteiger partial charge in [-0.2, -0.15) is 0 Å². The Hall–Kier alpha value is -2.35. The number of thioether (sulfide) groups is 1. The Balaban J connectivity index is 1.96. The van der Waals surface area contributed by atoms with Crippen molar-refractivity contribution in [3.8, 4) is 11.5 Å². The summed E-state index contributed by atoms with van der Waals surface area (Å²) in [7, 11) is 1.31. The topological polar surface area (TPSA) is 94.3 Å². The lowest BCUT2D eigenvalue weighted by atomic mass is 9.87. The van der Waals surface area contributed by atoms with Crippen molar-refractivity contribution in [3.05, 3.63) is 29.8 Å². The molecule has 0 fully saturated rings. The SMILES string of the molecule is CC[C@H](C)[C@H](NC(=O)CSc1nnc(-c2ccc(C(C)(C)C)cc2)o1)C(=O)OC. The van der Waals surface area contributed by atoms with Gasteiger partial charge < -0.3 is 14.5 Å². The highest BCUT2D eigenvalue weighted by Gasteiger charge is 2.26. The molecule has 1 heterocycles. The highest BCUT2D eigenvalue weighted by molar-refractivity contribution is 7.99. The van der Waals surface area contributed by atoms with Gasteiger partial charge in [0.1, 0.15) is 6.04 Å². The molecule has 0 aliphatic heterocycles. The first-order valence-corrected chi connectivity index (χ1v) is 10.6. The number of rotatable bonds is 8. The molecular formula is C21H29N3O4S. The van der Waals surface area contributed by atoms with Gasteiger partial charge in [0.25, 0.3) is 5.22 Å². The molecule has 2 atom stereocenters. The van der Waals surface area contributed by atoms with E-state index in [0.717, 1.165) is 23.7 Å². The summed E-state index contributed by atoms with van der Waals surface area (Å²) in [6.07, 6.45) is 0.744. The molecule has 1 aromatic carbocycles. The number of nitrogens with zero attached hydrogens (tertiary/aromatic N) is 2. The van der Waals surface area contributed by atoms with Crippen molar-refractivity contribution in [2.75, 3.05) is 12.9 Å². The number of benzene rings is 1. The van der Waals surface area contributed by atoms with Gasteiger partial charge >= 0.3 is 5.97 Å². The molecule has 0 saturated carbocycles. The Morgan fingerprint density at radius 2 is 1.86 bits per heavy atom. The van der Waals surface area contributed by atoms with Crippen LogP contribution in [-0.2, 0) is 19.7 Å². The third kappa shape index (κ3) is 6.32. The van der Waals surface area contributed by atoms with Crippen LogP contribution in [0, 0.1) is 5.92 Å². The molecule has 7 nitrogen and oxygen atoms in total. The summed E-state index contributed by atoms with van der Waals surface area (Å²) in [5.74, 6) is -0.298. The van der Waals surface area contributed by atoms with E-state index in [9.17, 15) is 9.59 Å². The number of hydrogen-bond acceptors (Lipinski definition) is 7. The van der Waals surface area contributed by atoms with Gasteiger partial charge in [-0.05, 0) is 29.0 Å². The number of nitrogens with one attached hydrogen (secondary N) is 1. The van der Waals surface area contributed by atoms with Crippen molar-refractivity contribution in [1.29, 1.82) is 0 Å². The van der Waals surface area contributed by atoms with Crippen LogP contribution in [0.5, 0.6) is 0 Å². The molecule has 0 aliphatic rings. The van der Waals surface area contributed by atoms with Gasteiger partial charge in [-0.25, -0.2) is 4.79 Å². The third-order valence-electron chi connectivity index (χ3n) is 4.72. The second-order valence-corrected chi connectivity index (χ2v) is 8.87. The van der Waals surface area contributed by atoms with Crippen molar-refractivity contribution in [2.24, 2.45) is 5.92 Å². The van der Waals surface area contributed by atoms with Crippen molar-refractivity contribution in [3.63, 3.8) is 0 Å². The molecule has 29 heavy (non-hydrogen) atoms. The van der Waals surface area contributed by atoms with E-state index in [1.807, 2.05) is 38.1 Å². The monoisotopic (exact) mass is 419 g/mol. The van der Waals surface area contributed by atoms with Crippen LogP contribution >= 0.6 is 11.8 Å². The highest BCUT2D eigenvalue weighted by atomic mass is 32.2. The lowest BCUT2D eigenvalue weighted by Gasteiger charge is -2.21. The number of esters is 1. The molecule has 2 rings (SSSR count). The number of carbonyl (C=O) groups excluding carboxylic acids is 2. The molecule has 0 spiro atoms. The van der Waals surface area contributed by atoms with E-state index in [2.05, 4.69) is 36.3 Å². The standard InChI is InChI=1S/C21H29N3O4S/c1-7-13(2)17(19(26)27-6)22-16(25)12-29-20-24-23-18(28-20)14-8-10-15(11-9-14)21(3,4)5/h8-11,13,17H,7,12H2,1-6H3,(H,22,25)/t13-,17-/m0/s1. The Morgan fingerprint density at radius 1 is 1.21 bits per heavy atom. The molecule has 1 amide bonds. The summed E-state index contributed by atoms with van der Waals surface area (Å²) in [6, 6.07) is 7.31. The van der Waals surface area contributed by atoms with Crippen LogP contribution in [-0.4, -0.2) is 41.0 Å². The second-order valence-electron chi connectivity index (χ2n) is 7.94. The molecule has 0 aliphatic carbocycles. The number of carbonyl (C=O) groups is 2. The van der Waals surface area contributed by atoms with Crippen LogP contribution in [0.3, 0.4) is 0 Å². The van der Waals surface area contributed by atoms with Crippen LogP contribution in [0.1, 0.15) is 46.6 Å². The maximum atomic E-state index is 12.2. The summed E-state index contributed by atoms with van der Waals surface area (Å²) in [4.78, 5) is 24.1. The average Bonchev–Trinajstić information content (AvgIpc) is 3.18. The number of ether oxygens (including phenoxy) is 1. The summed E-state index contributed by atoms with van der Waals surface area (Å²) < 4.78 is 10.4. The third-order valence-corrected chi connectivity index (χ3v) is 5.53. The number of hydrogen-bond donors (Lipinski definition) is 1. The van der Waals surface area contributed by atoms with Crippen molar-refractivity contribution >= 4 is 23.6 Å². The largest absolute Gasteiger partial charge is 0.467 e. The van der Waals surface area contributed by atoms with E-state index in [4.69, 9.17) is 9.15 Å². The smallest absolute Gasteiger partial charge is 0.328 e. The first-order valence-electron chi connectivity index (χ1n) is 9.60. The van der Waals surface area contributed by atoms with Gasteiger partial charge in [0.2, 0.25) is 11.8 Å². The van der Waals surface area contributed by atoms with Gasteiger partial charge in [-0.15, -0.1) is 10.2 Å². The first kappa shape index (κ1) is 22.9. The molecule has 8 heteroatoms. The molecule has 0 unspecified atom stereocenters. The normalized spacial score (nSPS) is 13.6. The molecule has 0 saturated heterocycles. The van der Waals surface area contributed by atoms with Gasteiger partial charge in [0.05, 0.1) is 12.9 Å². The van der Waals surface area contributed by atoms with Crippen LogP contribution in [0.15, 0.2) is 33.9 Å². The summed E-state index contributed by atoms with van der Waals surface area (Å²) in [5, 5.41) is 11.1. The van der Waals surface area contributed by atoms with Crippen LogP contribution < -0.4 is 5.32 Å². The molecule has 158 valence electrons. The minimum absolute atomic E-state index is 0.0255. The van der Waals surface area contributed by atoms with E-state index in [1.54, 1.807) is 0 Å². The first-order chi connectivity index (χ1) is 13.7. The van der Waals surface area contributed by atoms with Gasteiger partial charge in [0, 0.05) is 5.56 Å².